The Hall–Kier alpha value is -3.14. The van der Waals surface area contributed by atoms with Gasteiger partial charge in [0.1, 0.15) is 10.6 Å². The van der Waals surface area contributed by atoms with Crippen molar-refractivity contribution in [3.63, 3.8) is 0 Å². The molecule has 4 rings (SSSR count). The summed E-state index contributed by atoms with van der Waals surface area (Å²) in [4.78, 5) is 14.7. The maximum atomic E-state index is 13.2. The number of anilines is 1. The quantitative estimate of drug-likeness (QED) is 0.571. The van der Waals surface area contributed by atoms with Crippen molar-refractivity contribution in [3.8, 4) is 11.4 Å². The third kappa shape index (κ3) is 4.27. The van der Waals surface area contributed by atoms with E-state index >= 15 is 0 Å². The number of ether oxygens (including phenoxy) is 2. The summed E-state index contributed by atoms with van der Waals surface area (Å²) in [6, 6.07) is 15.8. The average Bonchev–Trinajstić information content (AvgIpc) is 3.38. The van der Waals surface area contributed by atoms with Crippen LogP contribution in [-0.2, 0) is 14.8 Å². The molecule has 0 N–H and O–H groups in total. The lowest BCUT2D eigenvalue weighted by Crippen LogP contribution is -2.40. The van der Waals surface area contributed by atoms with Crippen molar-refractivity contribution in [2.24, 2.45) is 0 Å². The second-order valence-corrected chi connectivity index (χ2v) is 9.26. The van der Waals surface area contributed by atoms with E-state index in [1.165, 1.54) is 22.4 Å². The van der Waals surface area contributed by atoms with Crippen LogP contribution in [0.25, 0.3) is 5.69 Å². The Bertz CT molecular complexity index is 1200. The molecule has 0 radical (unpaired) electrons. The fraction of sp³-hybridized carbons (Fsp3) is 0.261. The van der Waals surface area contributed by atoms with Crippen LogP contribution in [0.4, 0.5) is 5.69 Å². The van der Waals surface area contributed by atoms with Gasteiger partial charge in [0.25, 0.3) is 5.91 Å². The summed E-state index contributed by atoms with van der Waals surface area (Å²) in [5.74, 6) is -0.0189. The van der Waals surface area contributed by atoms with Gasteiger partial charge in [-0.3, -0.25) is 4.79 Å². The molecule has 1 amide bonds. The summed E-state index contributed by atoms with van der Waals surface area (Å²) in [5.41, 5.74) is 1.81. The molecule has 1 saturated heterocycles. The van der Waals surface area contributed by atoms with E-state index in [9.17, 15) is 13.2 Å². The number of benzene rings is 2. The molecule has 0 spiro atoms. The normalized spacial score (nSPS) is 14.8. The van der Waals surface area contributed by atoms with Crippen molar-refractivity contribution >= 4 is 21.6 Å². The van der Waals surface area contributed by atoms with Gasteiger partial charge in [-0.25, -0.2) is 8.42 Å². The lowest BCUT2D eigenvalue weighted by molar-refractivity contribution is 0.0729. The molecule has 1 aliphatic rings. The molecule has 0 saturated carbocycles. The molecule has 3 aromatic rings. The van der Waals surface area contributed by atoms with Crippen LogP contribution >= 0.6 is 0 Å². The van der Waals surface area contributed by atoms with Gasteiger partial charge in [-0.05, 0) is 48.5 Å². The third-order valence-electron chi connectivity index (χ3n) is 5.42. The Kier molecular flexibility index (Phi) is 6.31. The van der Waals surface area contributed by atoms with Gasteiger partial charge in [0, 0.05) is 49.5 Å². The van der Waals surface area contributed by atoms with E-state index in [0.29, 0.717) is 24.5 Å². The van der Waals surface area contributed by atoms with Gasteiger partial charge < -0.3 is 18.9 Å². The minimum atomic E-state index is -3.80. The molecule has 168 valence electrons. The van der Waals surface area contributed by atoms with Gasteiger partial charge in [0.05, 0.1) is 20.3 Å². The number of methoxy groups -OCH3 is 1. The average molecular weight is 456 g/mol. The highest BCUT2D eigenvalue weighted by Gasteiger charge is 2.30. The highest BCUT2D eigenvalue weighted by atomic mass is 32.2. The number of amides is 1. The Morgan fingerprint density at radius 2 is 1.75 bits per heavy atom. The van der Waals surface area contributed by atoms with Crippen LogP contribution < -0.4 is 9.64 Å². The summed E-state index contributed by atoms with van der Waals surface area (Å²) in [5, 5.41) is 0. The largest absolute Gasteiger partial charge is 0.495 e. The van der Waals surface area contributed by atoms with Crippen LogP contribution in [0.15, 0.2) is 71.9 Å². The fourth-order valence-corrected chi connectivity index (χ4v) is 5.20. The van der Waals surface area contributed by atoms with Gasteiger partial charge in [0.2, 0.25) is 10.0 Å². The first-order valence-corrected chi connectivity index (χ1v) is 11.6. The smallest absolute Gasteiger partial charge is 0.258 e. The standard InChI is InChI=1S/C23H25N3O5S/c1-24(23(27)18-6-5-7-20(16-18)25-10-3-4-11-25)19-8-9-21(30-2)22(17-19)32(28,29)26-12-14-31-15-13-26/h3-11,16-17H,12-15H2,1-2H3. The number of morpholine rings is 1. The van der Waals surface area contributed by atoms with Crippen molar-refractivity contribution < 1.29 is 22.7 Å². The second kappa shape index (κ2) is 9.15. The number of sulfonamides is 1. The minimum Gasteiger partial charge on any atom is -0.495 e. The molecule has 1 aromatic heterocycles. The number of carbonyl (C=O) groups is 1. The van der Waals surface area contributed by atoms with E-state index in [2.05, 4.69) is 0 Å². The summed E-state index contributed by atoms with van der Waals surface area (Å²) >= 11 is 0. The van der Waals surface area contributed by atoms with E-state index < -0.39 is 10.0 Å². The number of hydrogen-bond acceptors (Lipinski definition) is 5. The number of rotatable bonds is 6. The van der Waals surface area contributed by atoms with Gasteiger partial charge in [-0.15, -0.1) is 0 Å². The van der Waals surface area contributed by atoms with Crippen molar-refractivity contribution in [1.29, 1.82) is 0 Å². The van der Waals surface area contributed by atoms with E-state index in [0.717, 1.165) is 5.69 Å². The number of hydrogen-bond donors (Lipinski definition) is 0. The Labute approximate surface area is 187 Å². The van der Waals surface area contributed by atoms with Gasteiger partial charge in [-0.1, -0.05) is 6.07 Å². The molecular formula is C23H25N3O5S. The Balaban J connectivity index is 1.66. The maximum Gasteiger partial charge on any atom is 0.258 e. The summed E-state index contributed by atoms with van der Waals surface area (Å²) in [6.07, 6.45) is 3.80. The third-order valence-corrected chi connectivity index (χ3v) is 7.34. The predicted octanol–water partition coefficient (Wildman–Crippen LogP) is 2.78. The zero-order chi connectivity index (χ0) is 22.7. The molecule has 2 heterocycles. The summed E-state index contributed by atoms with van der Waals surface area (Å²) in [6.45, 7) is 1.24. The first-order valence-electron chi connectivity index (χ1n) is 10.2. The molecule has 0 atom stereocenters. The first kappa shape index (κ1) is 22.1. The van der Waals surface area contributed by atoms with Crippen molar-refractivity contribution in [3.05, 3.63) is 72.6 Å². The van der Waals surface area contributed by atoms with Crippen LogP contribution in [0, 0.1) is 0 Å². The monoisotopic (exact) mass is 455 g/mol. The second-order valence-electron chi connectivity index (χ2n) is 7.36. The number of carbonyl (C=O) groups excluding carboxylic acids is 1. The van der Waals surface area contributed by atoms with Gasteiger partial charge in [0.15, 0.2) is 0 Å². The van der Waals surface area contributed by atoms with Crippen molar-refractivity contribution in [2.45, 2.75) is 4.90 Å². The zero-order valence-electron chi connectivity index (χ0n) is 18.0. The van der Waals surface area contributed by atoms with E-state index in [4.69, 9.17) is 9.47 Å². The molecule has 8 nitrogen and oxygen atoms in total. The summed E-state index contributed by atoms with van der Waals surface area (Å²) < 4.78 is 40.4. The molecule has 0 bridgehead atoms. The molecule has 1 fully saturated rings. The zero-order valence-corrected chi connectivity index (χ0v) is 18.8. The SMILES string of the molecule is COc1ccc(N(C)C(=O)c2cccc(-n3cccc3)c2)cc1S(=O)(=O)N1CCOCC1. The van der Waals surface area contributed by atoms with Crippen LogP contribution in [0.2, 0.25) is 0 Å². The molecule has 0 aliphatic carbocycles. The molecule has 0 unspecified atom stereocenters. The molecule has 2 aromatic carbocycles. The number of nitrogens with zero attached hydrogens (tertiary/aromatic N) is 3. The lowest BCUT2D eigenvalue weighted by Gasteiger charge is -2.27. The van der Waals surface area contributed by atoms with Crippen LogP contribution in [0.5, 0.6) is 5.75 Å². The van der Waals surface area contributed by atoms with Crippen LogP contribution in [0.1, 0.15) is 10.4 Å². The summed E-state index contributed by atoms with van der Waals surface area (Å²) in [7, 11) is -0.752. The topological polar surface area (TPSA) is 81.1 Å². The molecular weight excluding hydrogens is 430 g/mol. The fourth-order valence-electron chi connectivity index (χ4n) is 3.62. The van der Waals surface area contributed by atoms with Crippen molar-refractivity contribution in [1.82, 2.24) is 8.87 Å². The van der Waals surface area contributed by atoms with Crippen molar-refractivity contribution in [2.75, 3.05) is 45.4 Å². The Morgan fingerprint density at radius 1 is 1.03 bits per heavy atom. The highest BCUT2D eigenvalue weighted by molar-refractivity contribution is 7.89. The van der Waals surface area contributed by atoms with E-state index in [1.807, 2.05) is 41.2 Å². The van der Waals surface area contributed by atoms with Gasteiger partial charge >= 0.3 is 0 Å². The maximum absolute atomic E-state index is 13.2. The van der Waals surface area contributed by atoms with Crippen LogP contribution in [-0.4, -0.2) is 63.7 Å². The minimum absolute atomic E-state index is 0.0279. The lowest BCUT2D eigenvalue weighted by atomic mass is 10.1. The first-order chi connectivity index (χ1) is 15.4. The Morgan fingerprint density at radius 3 is 2.44 bits per heavy atom. The van der Waals surface area contributed by atoms with Gasteiger partial charge in [-0.2, -0.15) is 4.31 Å². The predicted molar refractivity (Wildman–Crippen MR) is 121 cm³/mol. The molecule has 32 heavy (non-hydrogen) atoms. The highest BCUT2D eigenvalue weighted by Crippen LogP contribution is 2.31. The van der Waals surface area contributed by atoms with Crippen LogP contribution in [0.3, 0.4) is 0 Å². The molecule has 9 heteroatoms. The molecule has 1 aliphatic heterocycles. The van der Waals surface area contributed by atoms with E-state index in [1.54, 1.807) is 31.3 Å². The van der Waals surface area contributed by atoms with E-state index in [-0.39, 0.29) is 29.6 Å². The number of aromatic nitrogens is 1.